The molecule has 0 radical (unpaired) electrons. The highest BCUT2D eigenvalue weighted by atomic mass is 16.5. The standard InChI is InChI=1S/C16H25NO/c1-13(2)8-9-18-12-15-5-3-4-14(10-15)11-17-16-6-7-16/h3-5,10,13,16-17H,6-9,11-12H2,1-2H3. The molecule has 0 spiro atoms. The van der Waals surface area contributed by atoms with Crippen molar-refractivity contribution in [2.75, 3.05) is 6.61 Å². The Morgan fingerprint density at radius 2 is 2.06 bits per heavy atom. The van der Waals surface area contributed by atoms with Gasteiger partial charge in [-0.1, -0.05) is 38.1 Å². The number of ether oxygens (including phenoxy) is 1. The van der Waals surface area contributed by atoms with E-state index in [2.05, 4.69) is 43.4 Å². The smallest absolute Gasteiger partial charge is 0.0716 e. The summed E-state index contributed by atoms with van der Waals surface area (Å²) in [6.45, 7) is 7.05. The highest BCUT2D eigenvalue weighted by Gasteiger charge is 2.19. The van der Waals surface area contributed by atoms with Crippen LogP contribution in [0.3, 0.4) is 0 Å². The van der Waals surface area contributed by atoms with Gasteiger partial charge in [-0.25, -0.2) is 0 Å². The van der Waals surface area contributed by atoms with Gasteiger partial charge in [-0.05, 0) is 36.3 Å². The van der Waals surface area contributed by atoms with E-state index < -0.39 is 0 Å². The Balaban J connectivity index is 1.71. The van der Waals surface area contributed by atoms with E-state index in [-0.39, 0.29) is 0 Å². The molecule has 2 heteroatoms. The largest absolute Gasteiger partial charge is 0.377 e. The number of benzene rings is 1. The fourth-order valence-electron chi connectivity index (χ4n) is 1.89. The third-order valence-corrected chi connectivity index (χ3v) is 3.27. The van der Waals surface area contributed by atoms with Crippen molar-refractivity contribution in [2.24, 2.45) is 5.92 Å². The van der Waals surface area contributed by atoms with E-state index in [1.54, 1.807) is 0 Å². The summed E-state index contributed by atoms with van der Waals surface area (Å²) in [4.78, 5) is 0. The minimum Gasteiger partial charge on any atom is -0.377 e. The number of hydrogen-bond donors (Lipinski definition) is 1. The summed E-state index contributed by atoms with van der Waals surface area (Å²) < 4.78 is 5.70. The second-order valence-corrected chi connectivity index (χ2v) is 5.71. The van der Waals surface area contributed by atoms with Crippen LogP contribution in [-0.2, 0) is 17.9 Å². The molecular formula is C16H25NO. The Morgan fingerprint density at radius 3 is 2.78 bits per heavy atom. The average molecular weight is 247 g/mol. The van der Waals surface area contributed by atoms with E-state index in [9.17, 15) is 0 Å². The van der Waals surface area contributed by atoms with Crippen LogP contribution in [0.1, 0.15) is 44.2 Å². The summed E-state index contributed by atoms with van der Waals surface area (Å²) in [7, 11) is 0. The number of rotatable bonds is 8. The van der Waals surface area contributed by atoms with Crippen molar-refractivity contribution >= 4 is 0 Å². The van der Waals surface area contributed by atoms with Crippen molar-refractivity contribution in [1.82, 2.24) is 5.32 Å². The lowest BCUT2D eigenvalue weighted by atomic mass is 10.1. The van der Waals surface area contributed by atoms with Crippen LogP contribution in [0.25, 0.3) is 0 Å². The van der Waals surface area contributed by atoms with Crippen LogP contribution in [0.4, 0.5) is 0 Å². The van der Waals surface area contributed by atoms with Gasteiger partial charge in [0.1, 0.15) is 0 Å². The molecule has 2 nitrogen and oxygen atoms in total. The second-order valence-electron chi connectivity index (χ2n) is 5.71. The third kappa shape index (κ3) is 5.19. The Labute approximate surface area is 111 Å². The van der Waals surface area contributed by atoms with Gasteiger partial charge in [0.15, 0.2) is 0 Å². The fourth-order valence-corrected chi connectivity index (χ4v) is 1.89. The van der Waals surface area contributed by atoms with E-state index in [0.29, 0.717) is 0 Å². The predicted molar refractivity (Wildman–Crippen MR) is 75.4 cm³/mol. The van der Waals surface area contributed by atoms with E-state index in [1.807, 2.05) is 0 Å². The van der Waals surface area contributed by atoms with Gasteiger partial charge in [-0.15, -0.1) is 0 Å². The maximum atomic E-state index is 5.70. The topological polar surface area (TPSA) is 21.3 Å². The minimum absolute atomic E-state index is 0.721. The van der Waals surface area contributed by atoms with Crippen molar-refractivity contribution in [3.63, 3.8) is 0 Å². The maximum absolute atomic E-state index is 5.70. The zero-order valence-corrected chi connectivity index (χ0v) is 11.6. The Bertz CT molecular complexity index is 358. The van der Waals surface area contributed by atoms with Crippen molar-refractivity contribution in [2.45, 2.75) is 52.3 Å². The Kier molecular flexibility index (Phi) is 5.21. The van der Waals surface area contributed by atoms with Crippen molar-refractivity contribution < 1.29 is 4.74 Å². The fraction of sp³-hybridized carbons (Fsp3) is 0.625. The molecule has 1 saturated carbocycles. The molecule has 1 aliphatic carbocycles. The monoisotopic (exact) mass is 247 g/mol. The summed E-state index contributed by atoms with van der Waals surface area (Å²) in [6, 6.07) is 9.50. The Morgan fingerprint density at radius 1 is 1.28 bits per heavy atom. The number of hydrogen-bond acceptors (Lipinski definition) is 2. The molecule has 1 aromatic carbocycles. The molecule has 18 heavy (non-hydrogen) atoms. The molecule has 100 valence electrons. The van der Waals surface area contributed by atoms with Crippen LogP contribution in [-0.4, -0.2) is 12.6 Å². The lowest BCUT2D eigenvalue weighted by Crippen LogP contribution is -2.15. The molecule has 0 unspecified atom stereocenters. The lowest BCUT2D eigenvalue weighted by Gasteiger charge is -2.08. The van der Waals surface area contributed by atoms with Crippen LogP contribution in [0, 0.1) is 5.92 Å². The van der Waals surface area contributed by atoms with Crippen LogP contribution in [0.5, 0.6) is 0 Å². The molecule has 2 rings (SSSR count). The number of nitrogens with one attached hydrogen (secondary N) is 1. The third-order valence-electron chi connectivity index (χ3n) is 3.27. The molecule has 0 aliphatic heterocycles. The van der Waals surface area contributed by atoms with Gasteiger partial charge in [-0.3, -0.25) is 0 Å². The van der Waals surface area contributed by atoms with Gasteiger partial charge in [0, 0.05) is 19.2 Å². The molecule has 0 bridgehead atoms. The molecule has 1 aliphatic rings. The van der Waals surface area contributed by atoms with E-state index in [0.717, 1.165) is 38.1 Å². The Hall–Kier alpha value is -0.860. The summed E-state index contributed by atoms with van der Waals surface area (Å²) in [6.07, 6.45) is 3.83. The maximum Gasteiger partial charge on any atom is 0.0716 e. The van der Waals surface area contributed by atoms with Gasteiger partial charge in [0.05, 0.1) is 6.61 Å². The van der Waals surface area contributed by atoms with E-state index in [4.69, 9.17) is 4.74 Å². The van der Waals surface area contributed by atoms with Gasteiger partial charge >= 0.3 is 0 Å². The second kappa shape index (κ2) is 6.91. The molecule has 1 aromatic rings. The molecule has 1 N–H and O–H groups in total. The zero-order chi connectivity index (χ0) is 12.8. The normalized spacial score (nSPS) is 15.3. The first-order valence-corrected chi connectivity index (χ1v) is 7.13. The van der Waals surface area contributed by atoms with Crippen LogP contribution >= 0.6 is 0 Å². The van der Waals surface area contributed by atoms with Gasteiger partial charge in [0.25, 0.3) is 0 Å². The predicted octanol–water partition coefficient (Wildman–Crippen LogP) is 3.50. The van der Waals surface area contributed by atoms with Gasteiger partial charge in [-0.2, -0.15) is 0 Å². The van der Waals surface area contributed by atoms with Crippen molar-refractivity contribution in [3.05, 3.63) is 35.4 Å². The average Bonchev–Trinajstić information content (AvgIpc) is 3.17. The molecule has 0 amide bonds. The zero-order valence-electron chi connectivity index (χ0n) is 11.6. The first-order valence-electron chi connectivity index (χ1n) is 7.13. The molecule has 1 fully saturated rings. The van der Waals surface area contributed by atoms with Crippen LogP contribution in [0.15, 0.2) is 24.3 Å². The first-order chi connectivity index (χ1) is 8.74. The molecule has 0 heterocycles. The van der Waals surface area contributed by atoms with Gasteiger partial charge in [0.2, 0.25) is 0 Å². The van der Waals surface area contributed by atoms with Gasteiger partial charge < -0.3 is 10.1 Å². The van der Waals surface area contributed by atoms with Crippen LogP contribution < -0.4 is 5.32 Å². The quantitative estimate of drug-likeness (QED) is 0.710. The highest BCUT2D eigenvalue weighted by molar-refractivity contribution is 5.23. The highest BCUT2D eigenvalue weighted by Crippen LogP contribution is 2.19. The molecule has 0 aromatic heterocycles. The molecule has 0 atom stereocenters. The van der Waals surface area contributed by atoms with E-state index >= 15 is 0 Å². The van der Waals surface area contributed by atoms with Crippen LogP contribution in [0.2, 0.25) is 0 Å². The van der Waals surface area contributed by atoms with E-state index in [1.165, 1.54) is 24.0 Å². The summed E-state index contributed by atoms with van der Waals surface area (Å²) >= 11 is 0. The summed E-state index contributed by atoms with van der Waals surface area (Å²) in [5, 5.41) is 3.54. The SMILES string of the molecule is CC(C)CCOCc1cccc(CNC2CC2)c1. The minimum atomic E-state index is 0.721. The van der Waals surface area contributed by atoms with Crippen molar-refractivity contribution in [3.8, 4) is 0 Å². The first kappa shape index (κ1) is 13.6. The molecular weight excluding hydrogens is 222 g/mol. The van der Waals surface area contributed by atoms with Crippen molar-refractivity contribution in [1.29, 1.82) is 0 Å². The molecule has 0 saturated heterocycles. The summed E-state index contributed by atoms with van der Waals surface area (Å²) in [5.41, 5.74) is 2.65. The lowest BCUT2D eigenvalue weighted by molar-refractivity contribution is 0.110. The summed E-state index contributed by atoms with van der Waals surface area (Å²) in [5.74, 6) is 0.721.